The van der Waals surface area contributed by atoms with Gasteiger partial charge in [0.15, 0.2) is 5.69 Å². The van der Waals surface area contributed by atoms with E-state index in [1.54, 1.807) is 12.1 Å². The van der Waals surface area contributed by atoms with Crippen molar-refractivity contribution >= 4 is 17.3 Å². The number of carbonyl (C=O) groups is 1. The number of nitrogens with zero attached hydrogens (tertiary/aromatic N) is 1. The number of aromatic carboxylic acids is 1. The molecule has 0 fully saturated rings. The number of pyridine rings is 1. The lowest BCUT2D eigenvalue weighted by Crippen LogP contribution is -2.04. The third kappa shape index (κ3) is 3.08. The minimum Gasteiger partial charge on any atom is -0.476 e. The van der Waals surface area contributed by atoms with Gasteiger partial charge in [-0.3, -0.25) is 4.79 Å². The van der Waals surface area contributed by atoms with E-state index in [9.17, 15) is 9.59 Å². The summed E-state index contributed by atoms with van der Waals surface area (Å²) in [6.45, 7) is 4.05. The lowest BCUT2D eigenvalue weighted by molar-refractivity contribution is 0.0690. The Kier molecular flexibility index (Phi) is 3.80. The van der Waals surface area contributed by atoms with Crippen LogP contribution in [0.5, 0.6) is 0 Å². The first-order valence-corrected chi connectivity index (χ1v) is 6.71. The molecule has 0 aliphatic heterocycles. The van der Waals surface area contributed by atoms with Gasteiger partial charge in [0.25, 0.3) is 0 Å². The van der Waals surface area contributed by atoms with Crippen LogP contribution in [-0.2, 0) is 6.42 Å². The fraction of sp³-hybridized carbons (Fsp3) is 0.308. The second kappa shape index (κ2) is 5.36. The maximum atomic E-state index is 11.3. The Bertz CT molecular complexity index is 658. The molecule has 0 saturated carbocycles. The molecule has 0 aliphatic carbocycles. The molecule has 0 unspecified atom stereocenters. The molecule has 0 radical (unpaired) electrons. The summed E-state index contributed by atoms with van der Waals surface area (Å²) in [4.78, 5) is 30.0. The molecule has 0 spiro atoms. The van der Waals surface area contributed by atoms with Crippen LogP contribution in [-0.4, -0.2) is 21.0 Å². The van der Waals surface area contributed by atoms with E-state index in [2.05, 4.69) is 9.97 Å². The molecule has 2 N–H and O–H groups in total. The van der Waals surface area contributed by atoms with Gasteiger partial charge in [0.2, 0.25) is 5.56 Å². The van der Waals surface area contributed by atoms with E-state index in [4.69, 9.17) is 5.11 Å². The maximum absolute atomic E-state index is 11.3. The van der Waals surface area contributed by atoms with Crippen LogP contribution < -0.4 is 5.56 Å². The molecule has 2 rings (SSSR count). The van der Waals surface area contributed by atoms with Crippen LogP contribution in [0.15, 0.2) is 23.0 Å². The number of hydrogen-bond acceptors (Lipinski definition) is 4. The van der Waals surface area contributed by atoms with Gasteiger partial charge < -0.3 is 10.1 Å². The van der Waals surface area contributed by atoms with Crippen molar-refractivity contribution in [2.24, 2.45) is 5.92 Å². The molecule has 2 aromatic heterocycles. The quantitative estimate of drug-likeness (QED) is 0.899. The summed E-state index contributed by atoms with van der Waals surface area (Å²) >= 11 is 1.32. The molecule has 6 heteroatoms. The maximum Gasteiger partial charge on any atom is 0.355 e. The van der Waals surface area contributed by atoms with E-state index in [-0.39, 0.29) is 11.3 Å². The Morgan fingerprint density at radius 2 is 2.21 bits per heavy atom. The Morgan fingerprint density at radius 1 is 1.47 bits per heavy atom. The molecule has 0 atom stereocenters. The van der Waals surface area contributed by atoms with Crippen molar-refractivity contribution in [3.05, 3.63) is 39.1 Å². The Morgan fingerprint density at radius 3 is 2.79 bits per heavy atom. The predicted molar refractivity (Wildman–Crippen MR) is 73.7 cm³/mol. The molecule has 0 bridgehead atoms. The summed E-state index contributed by atoms with van der Waals surface area (Å²) in [5, 5.41) is 9.70. The first-order valence-electron chi connectivity index (χ1n) is 5.90. The minimum absolute atomic E-state index is 0.0819. The number of H-pyrrole nitrogens is 1. The molecular weight excluding hydrogens is 264 g/mol. The zero-order chi connectivity index (χ0) is 14.0. The highest BCUT2D eigenvalue weighted by Crippen LogP contribution is 2.28. The third-order valence-electron chi connectivity index (χ3n) is 2.49. The number of nitrogens with one attached hydrogen (secondary N) is 1. The highest BCUT2D eigenvalue weighted by Gasteiger charge is 2.19. The molecule has 100 valence electrons. The molecule has 2 heterocycles. The largest absolute Gasteiger partial charge is 0.476 e. The van der Waals surface area contributed by atoms with Gasteiger partial charge in [-0.2, -0.15) is 0 Å². The summed E-state index contributed by atoms with van der Waals surface area (Å²) in [5.41, 5.74) is 0.406. The van der Waals surface area contributed by atoms with E-state index in [0.717, 1.165) is 4.88 Å². The molecule has 0 aliphatic rings. The molecule has 2 aromatic rings. The van der Waals surface area contributed by atoms with Crippen LogP contribution >= 0.6 is 11.3 Å². The summed E-state index contributed by atoms with van der Waals surface area (Å²) in [6, 6.07) is 4.74. The van der Waals surface area contributed by atoms with Gasteiger partial charge in [0.1, 0.15) is 5.01 Å². The number of carboxylic acids is 1. The van der Waals surface area contributed by atoms with Crippen molar-refractivity contribution in [3.8, 4) is 10.7 Å². The number of aromatic amines is 1. The molecule has 19 heavy (non-hydrogen) atoms. The second-order valence-electron chi connectivity index (χ2n) is 4.62. The second-order valence-corrected chi connectivity index (χ2v) is 5.71. The lowest BCUT2D eigenvalue weighted by atomic mass is 10.1. The number of rotatable bonds is 4. The van der Waals surface area contributed by atoms with Gasteiger partial charge >= 0.3 is 5.97 Å². The third-order valence-corrected chi connectivity index (χ3v) is 3.60. The van der Waals surface area contributed by atoms with Crippen molar-refractivity contribution in [3.63, 3.8) is 0 Å². The number of thiazole rings is 1. The highest BCUT2D eigenvalue weighted by molar-refractivity contribution is 7.15. The van der Waals surface area contributed by atoms with Gasteiger partial charge in [-0.15, -0.1) is 11.3 Å². The van der Waals surface area contributed by atoms with Crippen LogP contribution in [0.4, 0.5) is 0 Å². The van der Waals surface area contributed by atoms with Crippen molar-refractivity contribution < 1.29 is 9.90 Å². The zero-order valence-corrected chi connectivity index (χ0v) is 11.5. The Hall–Kier alpha value is -1.95. The number of hydrogen-bond donors (Lipinski definition) is 2. The van der Waals surface area contributed by atoms with Crippen LogP contribution in [0.2, 0.25) is 0 Å². The lowest BCUT2D eigenvalue weighted by Gasteiger charge is -2.01. The normalized spacial score (nSPS) is 10.9. The molecular formula is C13H14N2O3S. The van der Waals surface area contributed by atoms with Crippen molar-refractivity contribution in [1.82, 2.24) is 9.97 Å². The Balaban J connectivity index is 2.48. The topological polar surface area (TPSA) is 83.0 Å². The van der Waals surface area contributed by atoms with Gasteiger partial charge in [0, 0.05) is 10.9 Å². The van der Waals surface area contributed by atoms with E-state index in [0.29, 0.717) is 23.0 Å². The van der Waals surface area contributed by atoms with Crippen LogP contribution in [0.3, 0.4) is 0 Å². The molecule has 5 nitrogen and oxygen atoms in total. The van der Waals surface area contributed by atoms with E-state index in [1.807, 2.05) is 13.8 Å². The molecule has 0 saturated heterocycles. The summed E-state index contributed by atoms with van der Waals surface area (Å²) in [6.07, 6.45) is 0.663. The van der Waals surface area contributed by atoms with Crippen molar-refractivity contribution in [2.75, 3.05) is 0 Å². The minimum atomic E-state index is -1.03. The fourth-order valence-corrected chi connectivity index (χ4v) is 2.96. The Labute approximate surface area is 114 Å². The van der Waals surface area contributed by atoms with Gasteiger partial charge in [-0.1, -0.05) is 19.9 Å². The smallest absolute Gasteiger partial charge is 0.355 e. The standard InChI is InChI=1S/C13H14N2O3S/c1-7(2)6-9-11(13(17)18)15-12(19-9)8-4-3-5-10(16)14-8/h3-5,7H,6H2,1-2H3,(H,14,16)(H,17,18). The van der Waals surface area contributed by atoms with Crippen molar-refractivity contribution in [1.29, 1.82) is 0 Å². The summed E-state index contributed by atoms with van der Waals surface area (Å²) in [7, 11) is 0. The monoisotopic (exact) mass is 278 g/mol. The summed E-state index contributed by atoms with van der Waals surface area (Å²) in [5.74, 6) is -0.683. The van der Waals surface area contributed by atoms with E-state index >= 15 is 0 Å². The first kappa shape index (κ1) is 13.5. The number of aromatic nitrogens is 2. The van der Waals surface area contributed by atoms with Gasteiger partial charge in [-0.05, 0) is 18.4 Å². The van der Waals surface area contributed by atoms with Gasteiger partial charge in [-0.25, -0.2) is 9.78 Å². The zero-order valence-electron chi connectivity index (χ0n) is 10.6. The van der Waals surface area contributed by atoms with E-state index < -0.39 is 5.97 Å². The van der Waals surface area contributed by atoms with Crippen LogP contribution in [0, 0.1) is 5.92 Å². The van der Waals surface area contributed by atoms with Crippen molar-refractivity contribution in [2.45, 2.75) is 20.3 Å². The average molecular weight is 278 g/mol. The molecule has 0 amide bonds. The fourth-order valence-electron chi connectivity index (χ4n) is 1.72. The van der Waals surface area contributed by atoms with Crippen LogP contribution in [0.1, 0.15) is 29.2 Å². The SMILES string of the molecule is CC(C)Cc1sc(-c2cccc(=O)[nH]2)nc1C(=O)O. The van der Waals surface area contributed by atoms with Crippen LogP contribution in [0.25, 0.3) is 10.7 Å². The average Bonchev–Trinajstić information content (AvgIpc) is 2.72. The predicted octanol–water partition coefficient (Wildman–Crippen LogP) is 2.40. The van der Waals surface area contributed by atoms with Gasteiger partial charge in [0.05, 0.1) is 5.69 Å². The first-order chi connectivity index (χ1) is 8.97. The van der Waals surface area contributed by atoms with E-state index in [1.165, 1.54) is 17.4 Å². The molecule has 0 aromatic carbocycles. The summed E-state index contributed by atoms with van der Waals surface area (Å²) < 4.78 is 0. The number of carboxylic acid groups (broad SMARTS) is 1. The highest BCUT2D eigenvalue weighted by atomic mass is 32.1.